The number of hydrogen-bond donors (Lipinski definition) is 1. The zero-order valence-electron chi connectivity index (χ0n) is 6.66. The number of nitrogens with one attached hydrogen (secondary N) is 1. The molecule has 1 aromatic heterocycles. The summed E-state index contributed by atoms with van der Waals surface area (Å²) < 4.78 is 0. The lowest BCUT2D eigenvalue weighted by molar-refractivity contribution is 0.112. The zero-order valence-corrected chi connectivity index (χ0v) is 6.66. The lowest BCUT2D eigenvalue weighted by Crippen LogP contribution is -1.81. The summed E-state index contributed by atoms with van der Waals surface area (Å²) in [7, 11) is 0. The molecule has 0 unspecified atom stereocenters. The van der Waals surface area contributed by atoms with Crippen molar-refractivity contribution >= 4 is 17.2 Å². The molecule has 0 amide bonds. The Morgan fingerprint density at radius 3 is 3.08 bits per heavy atom. The summed E-state index contributed by atoms with van der Waals surface area (Å²) in [4.78, 5) is 10.6. The molecular weight excluding hydrogens is 152 g/mol. The highest BCUT2D eigenvalue weighted by Gasteiger charge is 2.04. The standard InChI is InChI=1S/C9H8N2O/c1-6-9-7(5-12)3-2-4-8(9)11-10-6/h2-5H,1H3,(H,10,11). The summed E-state index contributed by atoms with van der Waals surface area (Å²) in [5.41, 5.74) is 2.48. The number of nitrogens with zero attached hydrogens (tertiary/aromatic N) is 1. The van der Waals surface area contributed by atoms with Gasteiger partial charge >= 0.3 is 0 Å². The van der Waals surface area contributed by atoms with E-state index in [1.54, 1.807) is 6.07 Å². The first kappa shape index (κ1) is 7.03. The molecule has 0 saturated carbocycles. The third-order valence-electron chi connectivity index (χ3n) is 1.92. The predicted octanol–water partition coefficient (Wildman–Crippen LogP) is 1.68. The van der Waals surface area contributed by atoms with Gasteiger partial charge in [0.25, 0.3) is 0 Å². The van der Waals surface area contributed by atoms with Crippen LogP contribution < -0.4 is 0 Å². The van der Waals surface area contributed by atoms with E-state index in [0.717, 1.165) is 22.9 Å². The highest BCUT2D eigenvalue weighted by Crippen LogP contribution is 2.17. The third-order valence-corrected chi connectivity index (χ3v) is 1.92. The number of aromatic nitrogens is 2. The Morgan fingerprint density at radius 1 is 1.50 bits per heavy atom. The van der Waals surface area contributed by atoms with Crippen LogP contribution in [0.3, 0.4) is 0 Å². The van der Waals surface area contributed by atoms with Crippen molar-refractivity contribution in [3.8, 4) is 0 Å². The number of carbonyl (C=O) groups is 1. The van der Waals surface area contributed by atoms with Crippen LogP contribution in [0.1, 0.15) is 16.1 Å². The molecule has 2 rings (SSSR count). The molecule has 1 N–H and O–H groups in total. The van der Waals surface area contributed by atoms with Crippen LogP contribution in [-0.4, -0.2) is 16.5 Å². The van der Waals surface area contributed by atoms with Gasteiger partial charge in [0.15, 0.2) is 6.29 Å². The molecule has 0 aliphatic rings. The third kappa shape index (κ3) is 0.830. The van der Waals surface area contributed by atoms with Crippen LogP contribution in [0.15, 0.2) is 18.2 Å². The number of fused-ring (bicyclic) bond motifs is 1. The molecule has 0 atom stereocenters. The van der Waals surface area contributed by atoms with Gasteiger partial charge in [-0.15, -0.1) is 0 Å². The maximum atomic E-state index is 10.6. The van der Waals surface area contributed by atoms with E-state index in [2.05, 4.69) is 10.2 Å². The van der Waals surface area contributed by atoms with E-state index >= 15 is 0 Å². The Morgan fingerprint density at radius 2 is 2.33 bits per heavy atom. The number of hydrogen-bond acceptors (Lipinski definition) is 2. The molecule has 1 heterocycles. The van der Waals surface area contributed by atoms with E-state index < -0.39 is 0 Å². The maximum Gasteiger partial charge on any atom is 0.150 e. The van der Waals surface area contributed by atoms with E-state index in [9.17, 15) is 4.79 Å². The molecule has 2 aromatic rings. The topological polar surface area (TPSA) is 45.8 Å². The number of aldehydes is 1. The highest BCUT2D eigenvalue weighted by molar-refractivity contribution is 5.97. The van der Waals surface area contributed by atoms with E-state index in [0.29, 0.717) is 5.56 Å². The van der Waals surface area contributed by atoms with Crippen molar-refractivity contribution in [2.24, 2.45) is 0 Å². The molecule has 0 fully saturated rings. The van der Waals surface area contributed by atoms with E-state index in [1.807, 2.05) is 19.1 Å². The Balaban J connectivity index is 2.93. The van der Waals surface area contributed by atoms with Gasteiger partial charge in [-0.25, -0.2) is 0 Å². The minimum Gasteiger partial charge on any atom is -0.298 e. The van der Waals surface area contributed by atoms with Gasteiger partial charge in [-0.1, -0.05) is 12.1 Å². The monoisotopic (exact) mass is 160 g/mol. The van der Waals surface area contributed by atoms with Gasteiger partial charge in [-0.2, -0.15) is 5.10 Å². The molecule has 1 aromatic carbocycles. The fraction of sp³-hybridized carbons (Fsp3) is 0.111. The molecule has 0 radical (unpaired) electrons. The molecule has 0 bridgehead atoms. The Kier molecular flexibility index (Phi) is 1.43. The first-order chi connectivity index (χ1) is 5.83. The van der Waals surface area contributed by atoms with Crippen LogP contribution in [0.5, 0.6) is 0 Å². The minimum atomic E-state index is 0.693. The summed E-state index contributed by atoms with van der Waals surface area (Å²) in [5.74, 6) is 0. The number of rotatable bonds is 1. The number of H-pyrrole nitrogens is 1. The minimum absolute atomic E-state index is 0.693. The van der Waals surface area contributed by atoms with Crippen LogP contribution in [0.4, 0.5) is 0 Å². The number of aromatic amines is 1. The second kappa shape index (κ2) is 2.44. The van der Waals surface area contributed by atoms with E-state index in [4.69, 9.17) is 0 Å². The molecule has 0 aliphatic carbocycles. The van der Waals surface area contributed by atoms with Crippen molar-refractivity contribution in [2.45, 2.75) is 6.92 Å². The molecule has 3 heteroatoms. The molecule has 0 spiro atoms. The van der Waals surface area contributed by atoms with Crippen molar-refractivity contribution in [3.05, 3.63) is 29.5 Å². The predicted molar refractivity (Wildman–Crippen MR) is 46.2 cm³/mol. The summed E-state index contributed by atoms with van der Waals surface area (Å²) in [6, 6.07) is 5.50. The van der Waals surface area contributed by atoms with Gasteiger partial charge in [-0.3, -0.25) is 9.89 Å². The summed E-state index contributed by atoms with van der Waals surface area (Å²) in [6.07, 6.45) is 0.852. The van der Waals surface area contributed by atoms with Gasteiger partial charge in [0, 0.05) is 16.6 Å². The van der Waals surface area contributed by atoms with Gasteiger partial charge < -0.3 is 0 Å². The summed E-state index contributed by atoms with van der Waals surface area (Å²) in [5, 5.41) is 7.81. The van der Waals surface area contributed by atoms with Crippen molar-refractivity contribution in [1.29, 1.82) is 0 Å². The van der Waals surface area contributed by atoms with Crippen molar-refractivity contribution in [1.82, 2.24) is 10.2 Å². The summed E-state index contributed by atoms with van der Waals surface area (Å²) >= 11 is 0. The van der Waals surface area contributed by atoms with Crippen molar-refractivity contribution in [3.63, 3.8) is 0 Å². The summed E-state index contributed by atoms with van der Waals surface area (Å²) in [6.45, 7) is 1.91. The largest absolute Gasteiger partial charge is 0.298 e. The second-order valence-electron chi connectivity index (χ2n) is 2.71. The molecule has 0 saturated heterocycles. The smallest absolute Gasteiger partial charge is 0.150 e. The average molecular weight is 160 g/mol. The SMILES string of the molecule is Cc1[nH]nc2cccc(C=O)c12. The molecule has 3 nitrogen and oxygen atoms in total. The van der Waals surface area contributed by atoms with Gasteiger partial charge in [0.2, 0.25) is 0 Å². The van der Waals surface area contributed by atoms with Crippen LogP contribution in [0, 0.1) is 6.92 Å². The fourth-order valence-corrected chi connectivity index (χ4v) is 1.36. The fourth-order valence-electron chi connectivity index (χ4n) is 1.36. The molecule has 0 aliphatic heterocycles. The van der Waals surface area contributed by atoms with Crippen molar-refractivity contribution < 1.29 is 4.79 Å². The molecule has 12 heavy (non-hydrogen) atoms. The maximum absolute atomic E-state index is 10.6. The first-order valence-corrected chi connectivity index (χ1v) is 3.72. The normalized spacial score (nSPS) is 10.4. The molecular formula is C9H8N2O. The van der Waals surface area contributed by atoms with Crippen LogP contribution in [0.25, 0.3) is 10.9 Å². The van der Waals surface area contributed by atoms with Crippen LogP contribution in [-0.2, 0) is 0 Å². The average Bonchev–Trinajstić information content (AvgIpc) is 2.48. The van der Waals surface area contributed by atoms with E-state index in [1.165, 1.54) is 0 Å². The number of benzene rings is 1. The van der Waals surface area contributed by atoms with E-state index in [-0.39, 0.29) is 0 Å². The quantitative estimate of drug-likeness (QED) is 0.645. The number of aryl methyl sites for hydroxylation is 1. The lowest BCUT2D eigenvalue weighted by atomic mass is 10.1. The number of carbonyl (C=O) groups excluding carboxylic acids is 1. The lowest BCUT2D eigenvalue weighted by Gasteiger charge is -1.92. The van der Waals surface area contributed by atoms with Gasteiger partial charge in [-0.05, 0) is 13.0 Å². The Labute approximate surface area is 69.4 Å². The Hall–Kier alpha value is -1.64. The van der Waals surface area contributed by atoms with Crippen LogP contribution >= 0.6 is 0 Å². The first-order valence-electron chi connectivity index (χ1n) is 3.72. The molecule has 60 valence electrons. The highest BCUT2D eigenvalue weighted by atomic mass is 16.1. The van der Waals surface area contributed by atoms with Gasteiger partial charge in [0.1, 0.15) is 0 Å². The zero-order chi connectivity index (χ0) is 8.55. The second-order valence-corrected chi connectivity index (χ2v) is 2.71. The van der Waals surface area contributed by atoms with Crippen LogP contribution in [0.2, 0.25) is 0 Å². The Bertz CT molecular complexity index is 431. The van der Waals surface area contributed by atoms with Crippen molar-refractivity contribution in [2.75, 3.05) is 0 Å². The van der Waals surface area contributed by atoms with Gasteiger partial charge in [0.05, 0.1) is 5.52 Å².